The molecule has 0 unspecified atom stereocenters. The van der Waals surface area contributed by atoms with E-state index in [0.717, 1.165) is 10.1 Å². The van der Waals surface area contributed by atoms with Crippen molar-refractivity contribution >= 4 is 33.2 Å². The zero-order valence-electron chi connectivity index (χ0n) is 9.10. The minimum Gasteiger partial charge on any atom is -0.485 e. The van der Waals surface area contributed by atoms with Crippen LogP contribution in [0.25, 0.3) is 10.1 Å². The predicted molar refractivity (Wildman–Crippen MR) is 65.0 cm³/mol. The molecule has 1 aromatic carbocycles. The van der Waals surface area contributed by atoms with E-state index >= 15 is 0 Å². The molecule has 1 N–H and O–H groups in total. The van der Waals surface area contributed by atoms with Gasteiger partial charge in [0.05, 0.1) is 5.56 Å². The fourth-order valence-electron chi connectivity index (χ4n) is 1.46. The average Bonchev–Trinajstić information content (AvgIpc) is 2.73. The van der Waals surface area contributed by atoms with Crippen molar-refractivity contribution in [3.8, 4) is 5.75 Å². The summed E-state index contributed by atoms with van der Waals surface area (Å²) in [4.78, 5) is 21.8. The summed E-state index contributed by atoms with van der Waals surface area (Å²) in [5.41, 5.74) is 0.165. The first-order chi connectivity index (χ1) is 8.08. The van der Waals surface area contributed by atoms with Gasteiger partial charge in [-0.15, -0.1) is 11.3 Å². The van der Waals surface area contributed by atoms with Crippen molar-refractivity contribution in [2.75, 3.05) is 6.61 Å². The van der Waals surface area contributed by atoms with Gasteiger partial charge in [0, 0.05) is 10.1 Å². The minimum atomic E-state index is -1.01. The SMILES string of the molecule is CC(=O)COc1cc(C(=O)O)cc2sccc12. The fourth-order valence-corrected chi connectivity index (χ4v) is 2.30. The number of ketones is 1. The average molecular weight is 250 g/mol. The van der Waals surface area contributed by atoms with Crippen molar-refractivity contribution in [2.24, 2.45) is 0 Å². The molecule has 2 rings (SSSR count). The lowest BCUT2D eigenvalue weighted by molar-refractivity contribution is -0.118. The van der Waals surface area contributed by atoms with Gasteiger partial charge in [0.2, 0.25) is 0 Å². The summed E-state index contributed by atoms with van der Waals surface area (Å²) in [6, 6.07) is 4.89. The highest BCUT2D eigenvalue weighted by atomic mass is 32.1. The number of rotatable bonds is 4. The molecule has 1 aromatic heterocycles. The number of aromatic carboxylic acids is 1. The number of hydrogen-bond donors (Lipinski definition) is 1. The number of carboxylic acid groups (broad SMARTS) is 1. The third-order valence-electron chi connectivity index (χ3n) is 2.21. The van der Waals surface area contributed by atoms with Gasteiger partial charge in [0.1, 0.15) is 12.4 Å². The van der Waals surface area contributed by atoms with Gasteiger partial charge in [-0.3, -0.25) is 4.79 Å². The molecule has 0 fully saturated rings. The summed E-state index contributed by atoms with van der Waals surface area (Å²) in [6.07, 6.45) is 0. The molecule has 4 nitrogen and oxygen atoms in total. The Bertz CT molecular complexity index is 585. The van der Waals surface area contributed by atoms with E-state index in [0.29, 0.717) is 5.75 Å². The molecule has 2 aromatic rings. The van der Waals surface area contributed by atoms with E-state index in [4.69, 9.17) is 9.84 Å². The maximum absolute atomic E-state index is 10.9. The van der Waals surface area contributed by atoms with Gasteiger partial charge in [0.25, 0.3) is 0 Å². The van der Waals surface area contributed by atoms with Gasteiger partial charge in [-0.05, 0) is 30.5 Å². The van der Waals surface area contributed by atoms with Crippen LogP contribution in [0.2, 0.25) is 0 Å². The molecule has 0 aliphatic rings. The van der Waals surface area contributed by atoms with Crippen molar-refractivity contribution in [3.63, 3.8) is 0 Å². The zero-order valence-corrected chi connectivity index (χ0v) is 9.91. The molecule has 0 aliphatic heterocycles. The lowest BCUT2D eigenvalue weighted by Crippen LogP contribution is -2.07. The van der Waals surface area contributed by atoms with Crippen LogP contribution in [0.5, 0.6) is 5.75 Å². The number of carbonyl (C=O) groups is 2. The lowest BCUT2D eigenvalue weighted by atomic mass is 10.1. The maximum atomic E-state index is 10.9. The molecule has 0 radical (unpaired) electrons. The lowest BCUT2D eigenvalue weighted by Gasteiger charge is -2.06. The maximum Gasteiger partial charge on any atom is 0.335 e. The number of thiophene rings is 1. The molecule has 0 spiro atoms. The number of carbonyl (C=O) groups excluding carboxylic acids is 1. The fraction of sp³-hybridized carbons (Fsp3) is 0.167. The summed E-state index contributed by atoms with van der Waals surface area (Å²) >= 11 is 1.44. The molecule has 1 heterocycles. The molecular weight excluding hydrogens is 240 g/mol. The Balaban J connectivity index is 2.46. The van der Waals surface area contributed by atoms with Gasteiger partial charge >= 0.3 is 5.97 Å². The smallest absolute Gasteiger partial charge is 0.335 e. The Morgan fingerprint density at radius 1 is 1.41 bits per heavy atom. The topological polar surface area (TPSA) is 63.6 Å². The largest absolute Gasteiger partial charge is 0.485 e. The monoisotopic (exact) mass is 250 g/mol. The molecule has 0 aliphatic carbocycles. The molecular formula is C12H10O4S. The van der Waals surface area contributed by atoms with Gasteiger partial charge in [-0.1, -0.05) is 0 Å². The van der Waals surface area contributed by atoms with Crippen molar-refractivity contribution < 1.29 is 19.4 Å². The van der Waals surface area contributed by atoms with Gasteiger partial charge < -0.3 is 9.84 Å². The molecule has 0 saturated heterocycles. The molecule has 0 bridgehead atoms. The van der Waals surface area contributed by atoms with Crippen LogP contribution in [0.3, 0.4) is 0 Å². The number of carboxylic acids is 1. The predicted octanol–water partition coefficient (Wildman–Crippen LogP) is 2.57. The molecule has 5 heteroatoms. The molecule has 88 valence electrons. The second-order valence-electron chi connectivity index (χ2n) is 3.60. The van der Waals surface area contributed by atoms with Crippen LogP contribution in [0.4, 0.5) is 0 Å². The van der Waals surface area contributed by atoms with Crippen molar-refractivity contribution in [1.82, 2.24) is 0 Å². The van der Waals surface area contributed by atoms with Crippen LogP contribution >= 0.6 is 11.3 Å². The Hall–Kier alpha value is -1.88. The highest BCUT2D eigenvalue weighted by Gasteiger charge is 2.11. The van der Waals surface area contributed by atoms with Crippen LogP contribution in [0.1, 0.15) is 17.3 Å². The highest BCUT2D eigenvalue weighted by Crippen LogP contribution is 2.31. The minimum absolute atomic E-state index is 0.0476. The van der Waals surface area contributed by atoms with E-state index in [1.54, 1.807) is 6.07 Å². The summed E-state index contributed by atoms with van der Waals surface area (Å²) in [7, 11) is 0. The molecule has 0 saturated carbocycles. The number of ether oxygens (including phenoxy) is 1. The number of Topliss-reactive ketones (excluding diaryl/α,β-unsaturated/α-hetero) is 1. The Kier molecular flexibility index (Phi) is 3.10. The molecule has 17 heavy (non-hydrogen) atoms. The van der Waals surface area contributed by atoms with Crippen LogP contribution in [0.15, 0.2) is 23.6 Å². The second kappa shape index (κ2) is 4.55. The Morgan fingerprint density at radius 3 is 2.82 bits per heavy atom. The van der Waals surface area contributed by atoms with E-state index < -0.39 is 5.97 Å². The van der Waals surface area contributed by atoms with Crippen molar-refractivity contribution in [1.29, 1.82) is 0 Å². The van der Waals surface area contributed by atoms with Crippen LogP contribution < -0.4 is 4.74 Å². The summed E-state index contributed by atoms with van der Waals surface area (Å²) in [6.45, 7) is 1.37. The third-order valence-corrected chi connectivity index (χ3v) is 3.08. The summed E-state index contributed by atoms with van der Waals surface area (Å²) in [5.74, 6) is -0.668. The van der Waals surface area contributed by atoms with E-state index in [-0.39, 0.29) is 18.0 Å². The highest BCUT2D eigenvalue weighted by molar-refractivity contribution is 7.17. The number of benzene rings is 1. The van der Waals surface area contributed by atoms with Gasteiger partial charge in [-0.2, -0.15) is 0 Å². The van der Waals surface area contributed by atoms with Crippen LogP contribution in [0, 0.1) is 0 Å². The number of hydrogen-bond acceptors (Lipinski definition) is 4. The molecule has 0 amide bonds. The Morgan fingerprint density at radius 2 is 2.18 bits per heavy atom. The second-order valence-corrected chi connectivity index (χ2v) is 4.55. The normalized spacial score (nSPS) is 10.4. The first-order valence-corrected chi connectivity index (χ1v) is 5.82. The van der Waals surface area contributed by atoms with E-state index in [2.05, 4.69) is 0 Å². The van der Waals surface area contributed by atoms with E-state index in [1.165, 1.54) is 24.3 Å². The van der Waals surface area contributed by atoms with Gasteiger partial charge in [0.15, 0.2) is 5.78 Å². The first-order valence-electron chi connectivity index (χ1n) is 4.94. The Labute approximate surface area is 101 Å². The van der Waals surface area contributed by atoms with Crippen molar-refractivity contribution in [2.45, 2.75) is 6.92 Å². The molecule has 0 atom stereocenters. The summed E-state index contributed by atoms with van der Waals surface area (Å²) in [5, 5.41) is 11.7. The third kappa shape index (κ3) is 2.45. The standard InChI is InChI=1S/C12H10O4S/c1-7(13)6-16-10-4-8(12(14)15)5-11-9(10)2-3-17-11/h2-5H,6H2,1H3,(H,14,15). The number of fused-ring (bicyclic) bond motifs is 1. The zero-order chi connectivity index (χ0) is 12.4. The summed E-state index contributed by atoms with van der Waals surface area (Å²) < 4.78 is 6.16. The van der Waals surface area contributed by atoms with Crippen molar-refractivity contribution in [3.05, 3.63) is 29.1 Å². The van der Waals surface area contributed by atoms with Crippen LogP contribution in [-0.2, 0) is 4.79 Å². The van der Waals surface area contributed by atoms with Crippen LogP contribution in [-0.4, -0.2) is 23.5 Å². The van der Waals surface area contributed by atoms with E-state index in [9.17, 15) is 9.59 Å². The van der Waals surface area contributed by atoms with E-state index in [1.807, 2.05) is 11.4 Å². The quantitative estimate of drug-likeness (QED) is 0.905. The van der Waals surface area contributed by atoms with Gasteiger partial charge in [-0.25, -0.2) is 4.79 Å². The first kappa shape index (κ1) is 11.6.